The van der Waals surface area contributed by atoms with Crippen molar-refractivity contribution >= 4 is 0 Å². The van der Waals surface area contributed by atoms with Gasteiger partial charge < -0.3 is 66.4 Å². The Morgan fingerprint density at radius 3 is 0.735 bits per heavy atom. The molecule has 0 fully saturated rings. The van der Waals surface area contributed by atoms with E-state index in [0.717, 1.165) is 18.4 Å². The van der Waals surface area contributed by atoms with E-state index in [0.29, 0.717) is 218 Å². The van der Waals surface area contributed by atoms with Crippen molar-refractivity contribution in [1.82, 2.24) is 0 Å². The van der Waals surface area contributed by atoms with Crippen molar-refractivity contribution in [2.24, 2.45) is 0 Å². The molecule has 0 unspecified atom stereocenters. The highest BCUT2D eigenvalue weighted by atomic mass is 16.3. The Labute approximate surface area is 508 Å². The molecule has 0 aliphatic heterocycles. The van der Waals surface area contributed by atoms with E-state index in [2.05, 4.69) is 26.5 Å². The van der Waals surface area contributed by atoms with Crippen molar-refractivity contribution < 1.29 is 66.4 Å². The van der Waals surface area contributed by atoms with Gasteiger partial charge in [-0.3, -0.25) is 0 Å². The van der Waals surface area contributed by atoms with Gasteiger partial charge in [-0.25, -0.2) is 0 Å². The van der Waals surface area contributed by atoms with E-state index < -0.39 is 73.3 Å². The fraction of sp³-hybridized carbons (Fsp3) is 0.914. The molecule has 0 heterocycles. The largest absolute Gasteiger partial charge is 0.390 e. The maximum atomic E-state index is 11.2. The molecule has 0 aromatic heterocycles. The van der Waals surface area contributed by atoms with E-state index in [-0.39, 0.29) is 0 Å². The summed E-state index contributed by atoms with van der Waals surface area (Å²) >= 11 is 0. The number of hydrogen-bond donors (Lipinski definition) is 13. The lowest BCUT2D eigenvalue weighted by Crippen LogP contribution is -2.39. The molecule has 0 aliphatic rings. The topological polar surface area (TPSA) is 263 Å². The molecule has 0 aromatic rings. The summed E-state index contributed by atoms with van der Waals surface area (Å²) in [5.74, 6) is 0. The van der Waals surface area contributed by atoms with Gasteiger partial charge in [0.1, 0.15) is 0 Å². The molecular formula is C70H136O13. The number of aliphatic hydroxyl groups is 13. The van der Waals surface area contributed by atoms with Crippen LogP contribution in [0, 0.1) is 0 Å². The third kappa shape index (κ3) is 43.9. The molecule has 0 saturated carbocycles. The van der Waals surface area contributed by atoms with Gasteiger partial charge in [0.2, 0.25) is 0 Å². The Hall–Kier alpha value is -1.30. The summed E-state index contributed by atoms with van der Waals surface area (Å²) in [5.41, 5.74) is -9.05. The Morgan fingerprint density at radius 2 is 0.518 bits per heavy atom. The molecule has 13 nitrogen and oxygen atoms in total. The van der Waals surface area contributed by atoms with Crippen LogP contribution in [0.5, 0.6) is 0 Å². The van der Waals surface area contributed by atoms with Crippen LogP contribution in [0.2, 0.25) is 0 Å². The second kappa shape index (κ2) is 36.4. The van der Waals surface area contributed by atoms with E-state index in [4.69, 9.17) is 0 Å². The zero-order chi connectivity index (χ0) is 64.3. The highest BCUT2D eigenvalue weighted by Crippen LogP contribution is 2.35. The molecule has 0 bridgehead atoms. The van der Waals surface area contributed by atoms with Crippen LogP contribution < -0.4 is 0 Å². The number of rotatable bonds is 51. The monoisotopic (exact) mass is 1180 g/mol. The average Bonchev–Trinajstić information content (AvgIpc) is 3.29. The van der Waals surface area contributed by atoms with Gasteiger partial charge in [0, 0.05) is 0 Å². The summed E-state index contributed by atoms with van der Waals surface area (Å²) in [5, 5.41) is 143. The second-order valence-corrected chi connectivity index (χ2v) is 30.9. The van der Waals surface area contributed by atoms with Crippen molar-refractivity contribution in [2.45, 2.75) is 408 Å². The summed E-state index contributed by atoms with van der Waals surface area (Å²) < 4.78 is 0. The highest BCUT2D eigenvalue weighted by molar-refractivity contribution is 5.02. The first-order valence-corrected chi connectivity index (χ1v) is 32.9. The second-order valence-electron chi connectivity index (χ2n) is 30.9. The molecule has 0 spiro atoms. The lowest BCUT2D eigenvalue weighted by atomic mass is 9.83. The van der Waals surface area contributed by atoms with Crippen molar-refractivity contribution in [3.63, 3.8) is 0 Å². The molecular weight excluding hydrogens is 1050 g/mol. The molecule has 0 radical (unpaired) electrons. The van der Waals surface area contributed by atoms with Crippen LogP contribution in [-0.4, -0.2) is 140 Å². The molecule has 0 aromatic carbocycles. The summed E-state index contributed by atoms with van der Waals surface area (Å²) in [7, 11) is 0. The Kier molecular flexibility index (Phi) is 35.8. The molecule has 0 rings (SSSR count). The van der Waals surface area contributed by atoms with Crippen LogP contribution in [0.4, 0.5) is 0 Å². The van der Waals surface area contributed by atoms with Gasteiger partial charge >= 0.3 is 0 Å². The summed E-state index contributed by atoms with van der Waals surface area (Å²) in [6.45, 7) is 31.3. The molecule has 494 valence electrons. The third-order valence-electron chi connectivity index (χ3n) is 18.6. The first kappa shape index (κ1) is 81.7. The Balaban J connectivity index is 4.53. The number of aliphatic hydroxyl groups excluding tert-OH is 1. The SMILES string of the molecule is C=C[C@@](C)(O)CC/C=C(\C)CC[C@@H](O)[C@@](C)(O)CCC[C@](C)(O)CCC[C@](C)(O)CCC[C@](C)(O)CCC[C@](C)(O)CCC[C@@](C)(O)CCC[C@](C)(O)CCC[C@](C)(O)CCC[C@](C)(O)CCC[C@@](C)(O)CCC[C@](C)(O)CCC=C(C)C. The maximum absolute atomic E-state index is 11.2. The van der Waals surface area contributed by atoms with Gasteiger partial charge in [0.05, 0.1) is 73.3 Å². The van der Waals surface area contributed by atoms with Crippen molar-refractivity contribution in [2.75, 3.05) is 0 Å². The minimum Gasteiger partial charge on any atom is -0.390 e. The minimum atomic E-state index is -1.29. The fourth-order valence-corrected chi connectivity index (χ4v) is 12.1. The van der Waals surface area contributed by atoms with Gasteiger partial charge in [-0.2, -0.15) is 0 Å². The zero-order valence-electron chi connectivity index (χ0n) is 56.3. The van der Waals surface area contributed by atoms with E-state index in [9.17, 15) is 66.4 Å². The third-order valence-corrected chi connectivity index (χ3v) is 18.6. The standard InChI is InChI=1S/C70H136O13/c1-17-59(5,72)34-19-31-57(4)32-33-58(71)70(16,83)55-29-54-69(15,82)53-28-52-68(14,81)51-27-50-67(13,80)49-26-48-66(12,79)47-25-46-65(11,78)45-24-44-64(10,77)43-23-42-63(9,76)41-22-40-62(8,75)39-21-38-61(7,74)37-20-36-60(6,73)35-18-30-56(2)3/h17,30-31,58,71-83H,1,18-29,32-55H2,2-16H3/b57-31+/t58-,59-,60-,61+,62-,63-,64-,65+,66-,67-,68-,69-,70+/m1/s1. The van der Waals surface area contributed by atoms with Crippen LogP contribution in [0.25, 0.3) is 0 Å². The average molecular weight is 1190 g/mol. The Morgan fingerprint density at radius 1 is 0.313 bits per heavy atom. The van der Waals surface area contributed by atoms with E-state index in [1.165, 1.54) is 11.6 Å². The molecule has 0 amide bonds. The predicted octanol–water partition coefficient (Wildman–Crippen LogP) is 13.5. The summed E-state index contributed by atoms with van der Waals surface area (Å²) in [4.78, 5) is 0. The van der Waals surface area contributed by atoms with Gasteiger partial charge in [-0.05, 0) is 335 Å². The number of allylic oxidation sites excluding steroid dienone is 4. The first-order chi connectivity index (χ1) is 37.6. The highest BCUT2D eigenvalue weighted by Gasteiger charge is 2.34. The molecule has 83 heavy (non-hydrogen) atoms. The molecule has 0 aliphatic carbocycles. The van der Waals surface area contributed by atoms with Crippen LogP contribution >= 0.6 is 0 Å². The van der Waals surface area contributed by atoms with Gasteiger partial charge in [0.25, 0.3) is 0 Å². The van der Waals surface area contributed by atoms with Crippen LogP contribution in [0.3, 0.4) is 0 Å². The number of hydrogen-bond acceptors (Lipinski definition) is 13. The minimum absolute atomic E-state index is 0.344. The quantitative estimate of drug-likeness (QED) is 0.0253. The smallest absolute Gasteiger partial charge is 0.0877 e. The van der Waals surface area contributed by atoms with Crippen molar-refractivity contribution in [1.29, 1.82) is 0 Å². The van der Waals surface area contributed by atoms with Crippen LogP contribution in [-0.2, 0) is 0 Å². The van der Waals surface area contributed by atoms with Gasteiger partial charge in [-0.1, -0.05) is 29.4 Å². The zero-order valence-corrected chi connectivity index (χ0v) is 56.3. The maximum Gasteiger partial charge on any atom is 0.0877 e. The van der Waals surface area contributed by atoms with Gasteiger partial charge in [0.15, 0.2) is 0 Å². The molecule has 13 atom stereocenters. The van der Waals surface area contributed by atoms with E-state index in [1.54, 1.807) is 34.6 Å². The molecule has 13 N–H and O–H groups in total. The van der Waals surface area contributed by atoms with Crippen LogP contribution in [0.1, 0.15) is 335 Å². The van der Waals surface area contributed by atoms with E-state index >= 15 is 0 Å². The Bertz CT molecular complexity index is 1810. The van der Waals surface area contributed by atoms with E-state index in [1.807, 2.05) is 61.5 Å². The summed E-state index contributed by atoms with van der Waals surface area (Å²) in [6, 6.07) is 0. The lowest BCUT2D eigenvalue weighted by Gasteiger charge is -2.32. The first-order valence-electron chi connectivity index (χ1n) is 32.9. The van der Waals surface area contributed by atoms with Crippen molar-refractivity contribution in [3.05, 3.63) is 36.0 Å². The molecule has 13 heteroatoms. The molecule has 0 saturated heterocycles. The fourth-order valence-electron chi connectivity index (χ4n) is 12.1. The normalized spacial score (nSPS) is 21.8. The summed E-state index contributed by atoms with van der Waals surface area (Å²) in [6.07, 6.45) is 25.3. The van der Waals surface area contributed by atoms with Crippen molar-refractivity contribution in [3.8, 4) is 0 Å². The van der Waals surface area contributed by atoms with Crippen LogP contribution in [0.15, 0.2) is 36.0 Å². The lowest BCUT2D eigenvalue weighted by molar-refractivity contribution is -0.0746. The predicted molar refractivity (Wildman–Crippen MR) is 343 cm³/mol. The van der Waals surface area contributed by atoms with Gasteiger partial charge in [-0.15, -0.1) is 6.58 Å².